The number of nitrogens with one attached hydrogen (secondary N) is 1. The van der Waals surface area contributed by atoms with Crippen LogP contribution in [0.3, 0.4) is 0 Å². The number of aryl methyl sites for hydroxylation is 1. The first-order chi connectivity index (χ1) is 21.6. The quantitative estimate of drug-likeness (QED) is 0.172. The molecule has 4 aromatic carbocycles. The van der Waals surface area contributed by atoms with Gasteiger partial charge in [0.25, 0.3) is 10.0 Å². The summed E-state index contributed by atoms with van der Waals surface area (Å²) in [4.78, 5) is 29.8. The van der Waals surface area contributed by atoms with E-state index in [0.717, 1.165) is 31.9 Å². The minimum Gasteiger partial charge on any atom is -0.495 e. The van der Waals surface area contributed by atoms with Crippen molar-refractivity contribution in [2.24, 2.45) is 0 Å². The zero-order valence-electron chi connectivity index (χ0n) is 25.6. The summed E-state index contributed by atoms with van der Waals surface area (Å²) >= 11 is 3.50. The van der Waals surface area contributed by atoms with E-state index in [2.05, 4.69) is 21.2 Å². The van der Waals surface area contributed by atoms with E-state index >= 15 is 0 Å². The van der Waals surface area contributed by atoms with Gasteiger partial charge in [-0.05, 0) is 60.9 Å². The Bertz CT molecular complexity index is 1700. The highest BCUT2D eigenvalue weighted by Gasteiger charge is 2.35. The largest absolute Gasteiger partial charge is 0.495 e. The Morgan fingerprint density at radius 2 is 1.56 bits per heavy atom. The normalized spacial score (nSPS) is 11.8. The molecule has 0 fully saturated rings. The predicted octanol–water partition coefficient (Wildman–Crippen LogP) is 6.13. The molecular formula is C35H38BrN3O5S. The maximum Gasteiger partial charge on any atom is 0.264 e. The average Bonchev–Trinajstić information content (AvgIpc) is 3.04. The molecule has 4 aromatic rings. The molecular weight excluding hydrogens is 654 g/mol. The Kier molecular flexibility index (Phi) is 11.8. The smallest absolute Gasteiger partial charge is 0.264 e. The van der Waals surface area contributed by atoms with Crippen LogP contribution in [0.2, 0.25) is 0 Å². The number of ether oxygens (including phenoxy) is 1. The lowest BCUT2D eigenvalue weighted by molar-refractivity contribution is -0.140. The molecule has 0 aliphatic heterocycles. The molecule has 0 unspecified atom stereocenters. The first-order valence-electron chi connectivity index (χ1n) is 14.7. The van der Waals surface area contributed by atoms with Crippen molar-refractivity contribution in [3.63, 3.8) is 0 Å². The second kappa shape index (κ2) is 15.7. The van der Waals surface area contributed by atoms with Gasteiger partial charge in [0.1, 0.15) is 18.3 Å². The number of sulfonamides is 1. The molecule has 1 atom stereocenters. The Morgan fingerprint density at radius 3 is 2.22 bits per heavy atom. The Balaban J connectivity index is 1.82. The van der Waals surface area contributed by atoms with Crippen LogP contribution in [0.1, 0.15) is 30.0 Å². The van der Waals surface area contributed by atoms with Crippen molar-refractivity contribution in [2.45, 2.75) is 44.2 Å². The molecule has 0 spiro atoms. The summed E-state index contributed by atoms with van der Waals surface area (Å²) < 4.78 is 35.9. The number of methoxy groups -OCH3 is 1. The Labute approximate surface area is 274 Å². The lowest BCUT2D eigenvalue weighted by Crippen LogP contribution is -2.53. The fourth-order valence-electron chi connectivity index (χ4n) is 4.94. The summed E-state index contributed by atoms with van der Waals surface area (Å²) in [6.45, 7) is 3.79. The lowest BCUT2D eigenvalue weighted by Gasteiger charge is -2.34. The number of anilines is 1. The van der Waals surface area contributed by atoms with E-state index < -0.39 is 28.5 Å². The predicted molar refractivity (Wildman–Crippen MR) is 181 cm³/mol. The molecule has 0 bridgehead atoms. The molecule has 0 radical (unpaired) electrons. The van der Waals surface area contributed by atoms with E-state index in [0.29, 0.717) is 12.3 Å². The van der Waals surface area contributed by atoms with Gasteiger partial charge in [0.15, 0.2) is 0 Å². The van der Waals surface area contributed by atoms with Gasteiger partial charge in [-0.1, -0.05) is 95.1 Å². The van der Waals surface area contributed by atoms with Gasteiger partial charge in [-0.25, -0.2) is 8.42 Å². The molecule has 0 saturated heterocycles. The van der Waals surface area contributed by atoms with Crippen molar-refractivity contribution in [2.75, 3.05) is 24.5 Å². The summed E-state index contributed by atoms with van der Waals surface area (Å²) in [6, 6.07) is 29.2. The number of nitrogens with zero attached hydrogens (tertiary/aromatic N) is 2. The van der Waals surface area contributed by atoms with Crippen LogP contribution in [0.5, 0.6) is 5.75 Å². The topological polar surface area (TPSA) is 96.0 Å². The number of halogens is 1. The highest BCUT2D eigenvalue weighted by Crippen LogP contribution is 2.33. The Morgan fingerprint density at radius 1 is 0.889 bits per heavy atom. The summed E-state index contributed by atoms with van der Waals surface area (Å²) in [5, 5.41) is 2.96. The SMILES string of the molecule is CCCNC(=O)[C@H](Cc1ccccc1)N(Cc1cccc(Br)c1)C(=O)CN(c1ccccc1OC)S(=O)(=O)c1ccc(C)cc1. The highest BCUT2D eigenvalue weighted by molar-refractivity contribution is 9.10. The van der Waals surface area contributed by atoms with Gasteiger partial charge in [-0.15, -0.1) is 0 Å². The van der Waals surface area contributed by atoms with Crippen molar-refractivity contribution in [3.05, 3.63) is 124 Å². The van der Waals surface area contributed by atoms with Crippen LogP contribution < -0.4 is 14.4 Å². The van der Waals surface area contributed by atoms with Crippen LogP contribution in [0.4, 0.5) is 5.69 Å². The molecule has 0 saturated carbocycles. The number of hydrogen-bond donors (Lipinski definition) is 1. The molecule has 2 amide bonds. The maximum absolute atomic E-state index is 14.5. The van der Waals surface area contributed by atoms with Crippen LogP contribution in [0.25, 0.3) is 0 Å². The van der Waals surface area contributed by atoms with Gasteiger partial charge in [0, 0.05) is 24.0 Å². The van der Waals surface area contributed by atoms with Gasteiger partial charge in [-0.2, -0.15) is 0 Å². The monoisotopic (exact) mass is 691 g/mol. The fraction of sp³-hybridized carbons (Fsp3) is 0.257. The van der Waals surface area contributed by atoms with Crippen LogP contribution in [0, 0.1) is 6.92 Å². The number of hydrogen-bond acceptors (Lipinski definition) is 5. The molecule has 45 heavy (non-hydrogen) atoms. The van der Waals surface area contributed by atoms with Crippen molar-refractivity contribution < 1.29 is 22.7 Å². The number of para-hydroxylation sites is 2. The third-order valence-electron chi connectivity index (χ3n) is 7.30. The number of carbonyl (C=O) groups is 2. The first-order valence-corrected chi connectivity index (χ1v) is 16.9. The van der Waals surface area contributed by atoms with Gasteiger partial charge in [-0.3, -0.25) is 13.9 Å². The van der Waals surface area contributed by atoms with E-state index in [9.17, 15) is 18.0 Å². The fourth-order valence-corrected chi connectivity index (χ4v) is 6.81. The van der Waals surface area contributed by atoms with Crippen molar-refractivity contribution >= 4 is 43.5 Å². The molecule has 10 heteroatoms. The van der Waals surface area contributed by atoms with Crippen LogP contribution in [0.15, 0.2) is 112 Å². The van der Waals surface area contributed by atoms with Gasteiger partial charge in [0.2, 0.25) is 11.8 Å². The molecule has 0 heterocycles. The minimum absolute atomic E-state index is 0.0341. The van der Waals surface area contributed by atoms with Gasteiger partial charge in [0.05, 0.1) is 17.7 Å². The third kappa shape index (κ3) is 8.73. The van der Waals surface area contributed by atoms with Crippen molar-refractivity contribution in [1.82, 2.24) is 10.2 Å². The van der Waals surface area contributed by atoms with Gasteiger partial charge >= 0.3 is 0 Å². The Hall–Kier alpha value is -4.15. The summed E-state index contributed by atoms with van der Waals surface area (Å²) in [6.07, 6.45) is 0.968. The average molecular weight is 693 g/mol. The van der Waals surface area contributed by atoms with Crippen LogP contribution in [-0.2, 0) is 32.6 Å². The number of amides is 2. The van der Waals surface area contributed by atoms with E-state index in [1.807, 2.05) is 68.4 Å². The molecule has 4 rings (SSSR count). The highest BCUT2D eigenvalue weighted by atomic mass is 79.9. The second-order valence-corrected chi connectivity index (χ2v) is 13.4. The third-order valence-corrected chi connectivity index (χ3v) is 9.57. The number of rotatable bonds is 14. The van der Waals surface area contributed by atoms with Crippen molar-refractivity contribution in [3.8, 4) is 5.75 Å². The van der Waals surface area contributed by atoms with Crippen LogP contribution >= 0.6 is 15.9 Å². The lowest BCUT2D eigenvalue weighted by atomic mass is 10.0. The van der Waals surface area contributed by atoms with E-state index in [1.165, 1.54) is 24.1 Å². The number of carbonyl (C=O) groups excluding carboxylic acids is 2. The molecule has 236 valence electrons. The first kappa shape index (κ1) is 33.7. The van der Waals surface area contributed by atoms with E-state index in [1.54, 1.807) is 36.4 Å². The molecule has 8 nitrogen and oxygen atoms in total. The van der Waals surface area contributed by atoms with Crippen LogP contribution in [-0.4, -0.2) is 51.4 Å². The molecule has 0 aliphatic carbocycles. The summed E-state index contributed by atoms with van der Waals surface area (Å²) in [5.74, 6) is -0.556. The van der Waals surface area contributed by atoms with E-state index in [4.69, 9.17) is 4.74 Å². The maximum atomic E-state index is 14.5. The zero-order valence-corrected chi connectivity index (χ0v) is 28.1. The molecule has 0 aliphatic rings. The number of benzene rings is 4. The van der Waals surface area contributed by atoms with Crippen molar-refractivity contribution in [1.29, 1.82) is 0 Å². The minimum atomic E-state index is -4.23. The van der Waals surface area contributed by atoms with Gasteiger partial charge < -0.3 is 15.0 Å². The summed E-state index contributed by atoms with van der Waals surface area (Å²) in [5.41, 5.74) is 2.77. The second-order valence-electron chi connectivity index (χ2n) is 10.6. The standard InChI is InChI=1S/C35H38BrN3O5S/c1-4-21-37-35(41)32(23-27-11-6-5-7-12-27)38(24-28-13-10-14-29(36)22-28)34(40)25-39(31-15-8-9-16-33(31)44-3)45(42,43)30-19-17-26(2)18-20-30/h5-20,22,32H,4,21,23-25H2,1-3H3,(H,37,41)/t32-/m0/s1. The zero-order chi connectivity index (χ0) is 32.4. The molecule has 1 N–H and O–H groups in total. The van der Waals surface area contributed by atoms with E-state index in [-0.39, 0.29) is 29.5 Å². The summed E-state index contributed by atoms with van der Waals surface area (Å²) in [7, 11) is -2.78. The molecule has 0 aromatic heterocycles.